The fraction of sp³-hybridized carbons (Fsp3) is 0.846. The Bertz CT molecular complexity index is 868. The standard InChI is InChI=1S/C26H46N3O11P/c1-17(2)22(37-25(32)35-19-12-8-6-9-13-19)39-41(34,28-24(27)29(5)16-21(30)31)40-23(18(3)4)38-26(33)36-20-14-10-7-11-15-20/h17-20,22-23H,6-16H2,1-5H3,(H,30,31)(H2,27,28,34). The predicted octanol–water partition coefficient (Wildman–Crippen LogP) is 5.60. The van der Waals surface area contributed by atoms with Gasteiger partial charge < -0.3 is 29.0 Å². The molecule has 15 heteroatoms. The summed E-state index contributed by atoms with van der Waals surface area (Å²) in [6.07, 6.45) is 3.19. The average molecular weight is 608 g/mol. The molecule has 0 aliphatic heterocycles. The number of carbonyl (C=O) groups is 3. The second-order valence-electron chi connectivity index (χ2n) is 11.1. The van der Waals surface area contributed by atoms with Gasteiger partial charge in [-0.1, -0.05) is 40.5 Å². The number of ether oxygens (including phenoxy) is 4. The van der Waals surface area contributed by atoms with Gasteiger partial charge in [-0.25, -0.2) is 14.2 Å². The molecule has 3 N–H and O–H groups in total. The molecule has 0 heterocycles. The summed E-state index contributed by atoms with van der Waals surface area (Å²) in [6.45, 7) is 5.97. The van der Waals surface area contributed by atoms with E-state index in [0.29, 0.717) is 25.7 Å². The molecular formula is C26H46N3O11P. The zero-order valence-corrected chi connectivity index (χ0v) is 25.6. The molecule has 2 aliphatic rings. The van der Waals surface area contributed by atoms with Gasteiger partial charge in [0.25, 0.3) is 0 Å². The van der Waals surface area contributed by atoms with Crippen LogP contribution in [0.4, 0.5) is 9.59 Å². The number of likely N-dealkylation sites (N-methyl/N-ethyl adjacent to an activating group) is 1. The maximum Gasteiger partial charge on any atom is 0.510 e. The van der Waals surface area contributed by atoms with Gasteiger partial charge in [0.15, 0.2) is 5.96 Å². The minimum atomic E-state index is -4.67. The van der Waals surface area contributed by atoms with Crippen molar-refractivity contribution in [3.8, 4) is 0 Å². The van der Waals surface area contributed by atoms with Crippen LogP contribution in [0.2, 0.25) is 0 Å². The Morgan fingerprint density at radius 2 is 1.22 bits per heavy atom. The molecule has 0 bridgehead atoms. The molecule has 2 saturated carbocycles. The van der Waals surface area contributed by atoms with Gasteiger partial charge in [-0.15, -0.1) is 0 Å². The molecule has 0 saturated heterocycles. The van der Waals surface area contributed by atoms with E-state index >= 15 is 0 Å². The lowest BCUT2D eigenvalue weighted by molar-refractivity contribution is -0.137. The van der Waals surface area contributed by atoms with E-state index in [1.165, 1.54) is 7.05 Å². The number of carbonyl (C=O) groups excluding carboxylic acids is 2. The predicted molar refractivity (Wildman–Crippen MR) is 147 cm³/mol. The van der Waals surface area contributed by atoms with Crippen LogP contribution in [0.3, 0.4) is 0 Å². The van der Waals surface area contributed by atoms with Crippen molar-refractivity contribution < 1.29 is 52.1 Å². The van der Waals surface area contributed by atoms with Crippen LogP contribution < -0.4 is 5.09 Å². The lowest BCUT2D eigenvalue weighted by Gasteiger charge is -2.32. The number of hydrogen-bond acceptors (Lipinski definition) is 11. The van der Waals surface area contributed by atoms with Crippen LogP contribution in [-0.4, -0.2) is 72.6 Å². The van der Waals surface area contributed by atoms with E-state index in [1.54, 1.807) is 27.7 Å². The molecule has 0 aromatic rings. The third-order valence-electron chi connectivity index (χ3n) is 6.63. The summed E-state index contributed by atoms with van der Waals surface area (Å²) < 4.78 is 46.9. The first-order valence-electron chi connectivity index (χ1n) is 14.3. The summed E-state index contributed by atoms with van der Waals surface area (Å²) >= 11 is 0. The molecule has 41 heavy (non-hydrogen) atoms. The minimum Gasteiger partial charge on any atom is -0.480 e. The molecule has 0 aromatic carbocycles. The van der Waals surface area contributed by atoms with Gasteiger partial charge in [0, 0.05) is 18.9 Å². The Labute approximate surface area is 241 Å². The molecule has 0 radical (unpaired) electrons. The molecule has 2 atom stereocenters. The third-order valence-corrected chi connectivity index (χ3v) is 8.08. The van der Waals surface area contributed by atoms with Crippen LogP contribution >= 0.6 is 7.75 Å². The van der Waals surface area contributed by atoms with Crippen LogP contribution in [0.25, 0.3) is 0 Å². The van der Waals surface area contributed by atoms with Crippen molar-refractivity contribution in [1.29, 1.82) is 5.41 Å². The molecule has 0 spiro atoms. The monoisotopic (exact) mass is 607 g/mol. The van der Waals surface area contributed by atoms with Gasteiger partial charge in [0.1, 0.15) is 18.8 Å². The van der Waals surface area contributed by atoms with Crippen LogP contribution in [0, 0.1) is 17.2 Å². The number of hydrogen-bond donors (Lipinski definition) is 3. The van der Waals surface area contributed by atoms with Gasteiger partial charge in [-0.3, -0.25) is 24.3 Å². The van der Waals surface area contributed by atoms with Gasteiger partial charge in [0.2, 0.25) is 12.6 Å². The summed E-state index contributed by atoms with van der Waals surface area (Å²) in [7, 11) is -3.38. The van der Waals surface area contributed by atoms with E-state index in [-0.39, 0.29) is 12.2 Å². The van der Waals surface area contributed by atoms with Gasteiger partial charge in [-0.05, 0) is 51.4 Å². The molecule has 0 aromatic heterocycles. The number of carboxylic acids is 1. The lowest BCUT2D eigenvalue weighted by atomic mass is 9.98. The first-order chi connectivity index (χ1) is 19.3. The van der Waals surface area contributed by atoms with E-state index < -0.39 is 62.9 Å². The zero-order valence-electron chi connectivity index (χ0n) is 24.7. The molecular weight excluding hydrogens is 561 g/mol. The Kier molecular flexibility index (Phi) is 14.2. The summed E-state index contributed by atoms with van der Waals surface area (Å²) in [5.41, 5.74) is 0. The maximum absolute atomic E-state index is 14.1. The summed E-state index contributed by atoms with van der Waals surface area (Å²) in [5.74, 6) is -2.95. The highest BCUT2D eigenvalue weighted by molar-refractivity contribution is 7.52. The van der Waals surface area contributed by atoms with Gasteiger partial charge >= 0.3 is 26.0 Å². The molecule has 2 fully saturated rings. The van der Waals surface area contributed by atoms with Crippen molar-refractivity contribution in [2.45, 2.75) is 117 Å². The van der Waals surface area contributed by atoms with Crippen LogP contribution in [0.5, 0.6) is 0 Å². The largest absolute Gasteiger partial charge is 0.510 e. The van der Waals surface area contributed by atoms with Gasteiger partial charge in [0.05, 0.1) is 0 Å². The number of carboxylic acid groups (broad SMARTS) is 1. The first-order valence-corrected chi connectivity index (χ1v) is 15.8. The molecule has 2 rings (SSSR count). The molecule has 0 amide bonds. The average Bonchev–Trinajstić information content (AvgIpc) is 2.88. The number of aliphatic carboxylic acids is 1. The van der Waals surface area contributed by atoms with Crippen LogP contribution in [0.1, 0.15) is 91.9 Å². The van der Waals surface area contributed by atoms with Crippen LogP contribution in [-0.2, 0) is 37.4 Å². The second kappa shape index (κ2) is 16.8. The van der Waals surface area contributed by atoms with Crippen molar-refractivity contribution in [2.24, 2.45) is 11.8 Å². The smallest absolute Gasteiger partial charge is 0.480 e. The van der Waals surface area contributed by atoms with Crippen molar-refractivity contribution in [3.63, 3.8) is 0 Å². The Morgan fingerprint density at radius 3 is 1.56 bits per heavy atom. The Balaban J connectivity index is 2.19. The minimum absolute atomic E-state index is 0.294. The number of nitrogens with zero attached hydrogens (tertiary/aromatic N) is 1. The number of guanidine groups is 1. The quantitative estimate of drug-likeness (QED) is 0.0773. The van der Waals surface area contributed by atoms with Gasteiger partial charge in [-0.2, -0.15) is 0 Å². The third kappa shape index (κ3) is 12.9. The van der Waals surface area contributed by atoms with E-state index in [2.05, 4.69) is 5.09 Å². The van der Waals surface area contributed by atoms with E-state index in [1.807, 2.05) is 0 Å². The van der Waals surface area contributed by atoms with Crippen molar-refractivity contribution in [2.75, 3.05) is 13.6 Å². The molecule has 2 unspecified atom stereocenters. The highest BCUT2D eigenvalue weighted by Gasteiger charge is 2.40. The summed E-state index contributed by atoms with van der Waals surface area (Å²) in [4.78, 5) is 37.2. The summed E-state index contributed by atoms with van der Waals surface area (Å²) in [6, 6.07) is 0. The van der Waals surface area contributed by atoms with Crippen molar-refractivity contribution >= 4 is 32.0 Å². The maximum atomic E-state index is 14.1. The topological polar surface area (TPSA) is 183 Å². The zero-order chi connectivity index (χ0) is 30.6. The van der Waals surface area contributed by atoms with Crippen molar-refractivity contribution in [1.82, 2.24) is 9.99 Å². The highest BCUT2D eigenvalue weighted by Crippen LogP contribution is 2.49. The molecule has 236 valence electrons. The van der Waals surface area contributed by atoms with Crippen LogP contribution in [0.15, 0.2) is 0 Å². The molecule has 14 nitrogen and oxygen atoms in total. The van der Waals surface area contributed by atoms with E-state index in [4.69, 9.17) is 38.5 Å². The Morgan fingerprint density at radius 1 is 0.829 bits per heavy atom. The SMILES string of the molecule is CC(C)C(OC(=O)OC1CCCCC1)OP(=O)(NC(=N)N(C)CC(=O)O)OC(OC(=O)OC1CCCCC1)C(C)C. The summed E-state index contributed by atoms with van der Waals surface area (Å²) in [5, 5.41) is 19.6. The fourth-order valence-electron chi connectivity index (χ4n) is 4.29. The first kappa shape index (κ1) is 34.6. The van der Waals surface area contributed by atoms with Crippen molar-refractivity contribution in [3.05, 3.63) is 0 Å². The van der Waals surface area contributed by atoms with E-state index in [0.717, 1.165) is 43.4 Å². The second-order valence-corrected chi connectivity index (χ2v) is 12.8. The molecule has 2 aliphatic carbocycles. The Hall–Kier alpha value is -2.57. The fourth-order valence-corrected chi connectivity index (χ4v) is 6.00. The number of rotatable bonds is 13. The lowest BCUT2D eigenvalue weighted by Crippen LogP contribution is -2.42. The normalized spacial score (nSPS) is 19.5. The number of nitrogens with one attached hydrogen (secondary N) is 2. The van der Waals surface area contributed by atoms with E-state index in [9.17, 15) is 18.9 Å². The highest BCUT2D eigenvalue weighted by atomic mass is 31.2.